The fourth-order valence-corrected chi connectivity index (χ4v) is 3.35. The molecule has 0 bridgehead atoms. The summed E-state index contributed by atoms with van der Waals surface area (Å²) < 4.78 is 5.64. The molecule has 0 radical (unpaired) electrons. The van der Waals surface area contributed by atoms with Crippen LogP contribution in [-0.2, 0) is 11.3 Å². The van der Waals surface area contributed by atoms with Crippen LogP contribution in [0.1, 0.15) is 5.56 Å². The molecule has 4 rings (SSSR count). The van der Waals surface area contributed by atoms with E-state index in [1.54, 1.807) is 12.4 Å². The third-order valence-corrected chi connectivity index (χ3v) is 5.04. The normalized spacial score (nSPS) is 10.6. The Bertz CT molecular complexity index is 1190. The van der Waals surface area contributed by atoms with Gasteiger partial charge in [-0.2, -0.15) is 5.10 Å². The van der Waals surface area contributed by atoms with E-state index in [4.69, 9.17) is 4.74 Å². The van der Waals surface area contributed by atoms with Crippen molar-refractivity contribution in [3.05, 3.63) is 84.8 Å². The Morgan fingerprint density at radius 2 is 1.84 bits per heavy atom. The lowest BCUT2D eigenvalue weighted by atomic mass is 10.0. The number of H-pyrrole nitrogens is 1. The number of amides is 1. The topological polar surface area (TPSA) is 83.1 Å². The lowest BCUT2D eigenvalue weighted by molar-refractivity contribution is -0.123. The van der Waals surface area contributed by atoms with E-state index in [9.17, 15) is 4.79 Å². The SMILES string of the molecule is CN(C)c1cccc(OCC(=O)NCc2cccc(-c3[nH]ncc3-c3ccncc3)c2)c1. The molecule has 0 spiro atoms. The minimum atomic E-state index is -0.176. The predicted molar refractivity (Wildman–Crippen MR) is 125 cm³/mol. The third kappa shape index (κ3) is 5.13. The van der Waals surface area contributed by atoms with Gasteiger partial charge in [-0.05, 0) is 41.5 Å². The Labute approximate surface area is 187 Å². The molecule has 0 aliphatic heterocycles. The van der Waals surface area contributed by atoms with E-state index in [1.807, 2.05) is 85.9 Å². The number of ether oxygens (including phenoxy) is 1. The van der Waals surface area contributed by atoms with Gasteiger partial charge in [-0.3, -0.25) is 14.9 Å². The van der Waals surface area contributed by atoms with Gasteiger partial charge in [0.1, 0.15) is 5.75 Å². The van der Waals surface area contributed by atoms with Gasteiger partial charge in [0.15, 0.2) is 6.61 Å². The molecule has 0 saturated carbocycles. The second-order valence-corrected chi connectivity index (χ2v) is 7.55. The van der Waals surface area contributed by atoms with Gasteiger partial charge in [-0.1, -0.05) is 24.3 Å². The molecule has 32 heavy (non-hydrogen) atoms. The molecular weight excluding hydrogens is 402 g/mol. The number of hydrogen-bond donors (Lipinski definition) is 2. The molecule has 0 saturated heterocycles. The number of pyridine rings is 1. The minimum Gasteiger partial charge on any atom is -0.484 e. The quantitative estimate of drug-likeness (QED) is 0.446. The van der Waals surface area contributed by atoms with Gasteiger partial charge >= 0.3 is 0 Å². The molecule has 162 valence electrons. The highest BCUT2D eigenvalue weighted by molar-refractivity contribution is 5.80. The molecule has 0 fully saturated rings. The van der Waals surface area contributed by atoms with Crippen molar-refractivity contribution in [3.63, 3.8) is 0 Å². The average molecular weight is 428 g/mol. The predicted octanol–water partition coefficient (Wildman–Crippen LogP) is 3.90. The molecule has 4 aromatic rings. The Morgan fingerprint density at radius 1 is 1.03 bits per heavy atom. The number of rotatable bonds is 8. The van der Waals surface area contributed by atoms with Crippen LogP contribution in [0, 0.1) is 0 Å². The summed E-state index contributed by atoms with van der Waals surface area (Å²) in [5, 5.41) is 10.2. The van der Waals surface area contributed by atoms with Gasteiger partial charge < -0.3 is 15.0 Å². The molecule has 7 nitrogen and oxygen atoms in total. The maximum absolute atomic E-state index is 12.3. The number of benzene rings is 2. The molecule has 0 atom stereocenters. The molecule has 0 unspecified atom stereocenters. The summed E-state index contributed by atoms with van der Waals surface area (Å²) in [6.07, 6.45) is 5.33. The van der Waals surface area contributed by atoms with Crippen molar-refractivity contribution in [2.24, 2.45) is 0 Å². The summed E-state index contributed by atoms with van der Waals surface area (Å²) >= 11 is 0. The molecule has 2 aromatic carbocycles. The maximum Gasteiger partial charge on any atom is 0.258 e. The molecule has 2 N–H and O–H groups in total. The number of carbonyl (C=O) groups excluding carboxylic acids is 1. The Balaban J connectivity index is 1.38. The van der Waals surface area contributed by atoms with Crippen molar-refractivity contribution < 1.29 is 9.53 Å². The standard InChI is InChI=1S/C25H25N5O2/c1-30(2)21-7-4-8-22(14-21)32-17-24(31)27-15-18-5-3-6-20(13-18)25-23(16-28-29-25)19-9-11-26-12-10-19/h3-14,16H,15,17H2,1-2H3,(H,27,31)(H,28,29). The van der Waals surface area contributed by atoms with E-state index in [0.717, 1.165) is 33.6 Å². The van der Waals surface area contributed by atoms with Crippen LogP contribution < -0.4 is 15.0 Å². The number of nitrogens with zero attached hydrogens (tertiary/aromatic N) is 3. The first-order valence-electron chi connectivity index (χ1n) is 10.3. The molecular formula is C25H25N5O2. The smallest absolute Gasteiger partial charge is 0.258 e. The summed E-state index contributed by atoms with van der Waals surface area (Å²) in [4.78, 5) is 18.4. The summed E-state index contributed by atoms with van der Waals surface area (Å²) in [6, 6.07) is 19.5. The third-order valence-electron chi connectivity index (χ3n) is 5.04. The summed E-state index contributed by atoms with van der Waals surface area (Å²) in [5.41, 5.74) is 5.97. The lowest BCUT2D eigenvalue weighted by Crippen LogP contribution is -2.28. The zero-order valence-electron chi connectivity index (χ0n) is 18.1. The van der Waals surface area contributed by atoms with Gasteiger partial charge in [0, 0.05) is 55.9 Å². The van der Waals surface area contributed by atoms with Gasteiger partial charge in [-0.25, -0.2) is 0 Å². The Kier molecular flexibility index (Phi) is 6.46. The fraction of sp³-hybridized carbons (Fsp3) is 0.160. The molecule has 7 heteroatoms. The average Bonchev–Trinajstić information content (AvgIpc) is 3.32. The number of nitrogens with one attached hydrogen (secondary N) is 2. The number of aromatic nitrogens is 3. The second kappa shape index (κ2) is 9.78. The second-order valence-electron chi connectivity index (χ2n) is 7.55. The van der Waals surface area contributed by atoms with Gasteiger partial charge in [0.25, 0.3) is 5.91 Å². The van der Waals surface area contributed by atoms with Crippen LogP contribution in [0.5, 0.6) is 5.75 Å². The van der Waals surface area contributed by atoms with Crippen LogP contribution in [0.2, 0.25) is 0 Å². The highest BCUT2D eigenvalue weighted by Gasteiger charge is 2.11. The van der Waals surface area contributed by atoms with Crippen LogP contribution in [-0.4, -0.2) is 41.8 Å². The first kappa shape index (κ1) is 21.1. The first-order valence-corrected chi connectivity index (χ1v) is 10.3. The molecule has 0 aliphatic rings. The van der Waals surface area contributed by atoms with Gasteiger partial charge in [-0.15, -0.1) is 0 Å². The van der Waals surface area contributed by atoms with E-state index in [0.29, 0.717) is 12.3 Å². The van der Waals surface area contributed by atoms with E-state index in [1.165, 1.54) is 0 Å². The number of anilines is 1. The Hall–Kier alpha value is -4.13. The van der Waals surface area contributed by atoms with Crippen LogP contribution >= 0.6 is 0 Å². The van der Waals surface area contributed by atoms with Gasteiger partial charge in [0.05, 0.1) is 11.9 Å². The van der Waals surface area contributed by atoms with Crippen molar-refractivity contribution in [2.45, 2.75) is 6.54 Å². The van der Waals surface area contributed by atoms with Crippen molar-refractivity contribution in [2.75, 3.05) is 25.6 Å². The van der Waals surface area contributed by atoms with Crippen molar-refractivity contribution in [3.8, 4) is 28.1 Å². The molecule has 2 heterocycles. The van der Waals surface area contributed by atoms with Gasteiger partial charge in [0.2, 0.25) is 0 Å². The number of hydrogen-bond acceptors (Lipinski definition) is 5. The van der Waals surface area contributed by atoms with Crippen LogP contribution in [0.4, 0.5) is 5.69 Å². The van der Waals surface area contributed by atoms with Crippen LogP contribution in [0.25, 0.3) is 22.4 Å². The molecule has 0 aliphatic carbocycles. The van der Waals surface area contributed by atoms with E-state index >= 15 is 0 Å². The minimum absolute atomic E-state index is 0.0384. The monoisotopic (exact) mass is 427 g/mol. The van der Waals surface area contributed by atoms with E-state index in [-0.39, 0.29) is 12.5 Å². The summed E-state index contributed by atoms with van der Waals surface area (Å²) in [5.74, 6) is 0.487. The summed E-state index contributed by atoms with van der Waals surface area (Å²) in [6.45, 7) is 0.371. The van der Waals surface area contributed by atoms with Crippen LogP contribution in [0.15, 0.2) is 79.3 Å². The molecule has 2 aromatic heterocycles. The molecule has 1 amide bonds. The van der Waals surface area contributed by atoms with Crippen molar-refractivity contribution in [1.29, 1.82) is 0 Å². The Morgan fingerprint density at radius 3 is 2.66 bits per heavy atom. The zero-order chi connectivity index (χ0) is 22.3. The lowest BCUT2D eigenvalue weighted by Gasteiger charge is -2.14. The van der Waals surface area contributed by atoms with Crippen molar-refractivity contribution >= 4 is 11.6 Å². The highest BCUT2D eigenvalue weighted by atomic mass is 16.5. The van der Waals surface area contributed by atoms with E-state index in [2.05, 4.69) is 20.5 Å². The maximum atomic E-state index is 12.3. The fourth-order valence-electron chi connectivity index (χ4n) is 3.35. The highest BCUT2D eigenvalue weighted by Crippen LogP contribution is 2.30. The number of aromatic amines is 1. The van der Waals surface area contributed by atoms with Crippen molar-refractivity contribution in [1.82, 2.24) is 20.5 Å². The number of carbonyl (C=O) groups is 1. The van der Waals surface area contributed by atoms with E-state index < -0.39 is 0 Å². The van der Waals surface area contributed by atoms with Crippen LogP contribution in [0.3, 0.4) is 0 Å². The zero-order valence-corrected chi connectivity index (χ0v) is 18.1. The summed E-state index contributed by atoms with van der Waals surface area (Å²) in [7, 11) is 3.92. The first-order chi connectivity index (χ1) is 15.6. The largest absolute Gasteiger partial charge is 0.484 e.